The molecule has 1 saturated heterocycles. The summed E-state index contributed by atoms with van der Waals surface area (Å²) in [6, 6.07) is 0. The molecule has 0 unspecified atom stereocenters. The summed E-state index contributed by atoms with van der Waals surface area (Å²) < 4.78 is 23.6. The Morgan fingerprint density at radius 3 is 2.26 bits per heavy atom. The summed E-state index contributed by atoms with van der Waals surface area (Å²) in [5, 5.41) is 48.0. The van der Waals surface area contributed by atoms with Crippen LogP contribution in [-0.2, 0) is 19.0 Å². The van der Waals surface area contributed by atoms with E-state index in [4.69, 9.17) is 18.9 Å². The van der Waals surface area contributed by atoms with Crippen LogP contribution in [0.4, 0.5) is 5.69 Å². The summed E-state index contributed by atoms with van der Waals surface area (Å²) >= 11 is 0. The van der Waals surface area contributed by atoms with Crippen molar-refractivity contribution in [3.63, 3.8) is 0 Å². The third-order valence-corrected chi connectivity index (χ3v) is 12.1. The maximum Gasteiger partial charge on any atom is 0.312 e. The molecular formula is C42H54N4O12. The predicted octanol–water partition coefficient (Wildman–Crippen LogP) is 1.61. The van der Waals surface area contributed by atoms with Gasteiger partial charge in [0.1, 0.15) is 17.6 Å². The molecular weight excluding hydrogens is 752 g/mol. The lowest BCUT2D eigenvalue weighted by atomic mass is 9.78. The van der Waals surface area contributed by atoms with Crippen molar-refractivity contribution in [2.45, 2.75) is 78.7 Å². The zero-order chi connectivity index (χ0) is 42.5. The zero-order valence-electron chi connectivity index (χ0n) is 34.3. The number of phenols is 1. The molecule has 0 amide bonds. The quantitative estimate of drug-likeness (QED) is 0.242. The Morgan fingerprint density at radius 1 is 0.948 bits per heavy atom. The number of carbonyl (C=O) groups excluding carboxylic acids is 3. The van der Waals surface area contributed by atoms with Gasteiger partial charge in [-0.1, -0.05) is 39.8 Å². The van der Waals surface area contributed by atoms with Crippen molar-refractivity contribution < 1.29 is 53.8 Å². The van der Waals surface area contributed by atoms with Crippen molar-refractivity contribution in [3.8, 4) is 11.5 Å². The second-order valence-electron chi connectivity index (χ2n) is 16.1. The van der Waals surface area contributed by atoms with E-state index in [2.05, 4.69) is 15.3 Å². The molecule has 58 heavy (non-hydrogen) atoms. The van der Waals surface area contributed by atoms with E-state index in [1.165, 1.54) is 46.3 Å². The monoisotopic (exact) mass is 806 g/mol. The molecule has 16 nitrogen and oxygen atoms in total. The Balaban J connectivity index is 1.59. The molecule has 1 fully saturated rings. The normalized spacial score (nSPS) is 32.3. The van der Waals surface area contributed by atoms with Crippen LogP contribution in [0.25, 0.3) is 11.8 Å². The van der Waals surface area contributed by atoms with Gasteiger partial charge in [-0.05, 0) is 26.1 Å². The Bertz CT molecular complexity index is 2240. The molecule has 5 bridgehead atoms. The van der Waals surface area contributed by atoms with Crippen LogP contribution in [0.1, 0.15) is 78.9 Å². The van der Waals surface area contributed by atoms with Gasteiger partial charge in [-0.15, -0.1) is 0 Å². The van der Waals surface area contributed by atoms with E-state index in [0.29, 0.717) is 26.2 Å². The van der Waals surface area contributed by atoms with Crippen molar-refractivity contribution in [1.82, 2.24) is 14.9 Å². The number of esters is 1. The summed E-state index contributed by atoms with van der Waals surface area (Å²) in [5.41, 5.74) is 1.65. The Hall–Kier alpha value is -5.00. The first-order chi connectivity index (χ1) is 27.3. The van der Waals surface area contributed by atoms with E-state index < -0.39 is 88.5 Å². The van der Waals surface area contributed by atoms with Crippen molar-refractivity contribution in [2.24, 2.45) is 23.7 Å². The second kappa shape index (κ2) is 16.3. The van der Waals surface area contributed by atoms with Gasteiger partial charge in [0.15, 0.2) is 11.5 Å². The van der Waals surface area contributed by atoms with Crippen LogP contribution >= 0.6 is 0 Å². The number of anilines is 1. The van der Waals surface area contributed by atoms with Crippen molar-refractivity contribution in [2.75, 3.05) is 45.8 Å². The highest BCUT2D eigenvalue weighted by atomic mass is 16.7. The van der Waals surface area contributed by atoms with Gasteiger partial charge >= 0.3 is 11.8 Å². The van der Waals surface area contributed by atoms with Gasteiger partial charge in [0, 0.05) is 76.4 Å². The summed E-state index contributed by atoms with van der Waals surface area (Å²) in [5.74, 6) is -8.03. The molecule has 0 radical (unpaired) electrons. The number of nitrogens with one attached hydrogen (secondary N) is 2. The number of phenolic OH excluding ortho intramolecular Hbond substituents is 1. The SMILES string of the molecule is CO[C@H]1/C=C\O[C@@]2(C)Oc3c(C)c(O)c4c(c3C2=O)C(=O)c2c(NN3CCN(C)CC3)/c(c(=O)[nH]c2=C4O)=C\C=C\[C@H](C)[C@H](O)[C@H](C)[C@@H](O)[C@@H](C)[C@H](OC(C)=O)[C@@H]1C. The number of aliphatic hydroxyl groups is 3. The number of H-pyrrole nitrogens is 1. The molecule has 9 atom stereocenters. The van der Waals surface area contributed by atoms with Crippen LogP contribution in [0.15, 0.2) is 29.3 Å². The van der Waals surface area contributed by atoms with Gasteiger partial charge in [0.2, 0.25) is 0 Å². The number of pyridine rings is 1. The van der Waals surface area contributed by atoms with E-state index in [-0.39, 0.29) is 49.8 Å². The van der Waals surface area contributed by atoms with Crippen LogP contribution in [0.5, 0.6) is 11.5 Å². The van der Waals surface area contributed by atoms with Crippen LogP contribution in [0.2, 0.25) is 0 Å². The lowest BCUT2D eigenvalue weighted by Gasteiger charge is -2.38. The smallest absolute Gasteiger partial charge is 0.312 e. The van der Waals surface area contributed by atoms with Gasteiger partial charge in [-0.3, -0.25) is 19.2 Å². The predicted molar refractivity (Wildman–Crippen MR) is 213 cm³/mol. The van der Waals surface area contributed by atoms with E-state index in [9.17, 15) is 39.6 Å². The first-order valence-corrected chi connectivity index (χ1v) is 19.5. The van der Waals surface area contributed by atoms with Crippen LogP contribution in [0, 0.1) is 30.6 Å². The van der Waals surface area contributed by atoms with Crippen LogP contribution in [-0.4, -0.2) is 123 Å². The minimum absolute atomic E-state index is 0.0174. The molecule has 4 aliphatic rings. The fourth-order valence-electron chi connectivity index (χ4n) is 8.39. The second-order valence-corrected chi connectivity index (χ2v) is 16.1. The largest absolute Gasteiger partial charge is 0.507 e. The number of hydrogen-bond donors (Lipinski definition) is 6. The standard InChI is InChI=1S/C42H54N4O12/c1-19-11-10-12-25-31(44-46-16-14-45(8)15-17-46)30-32(43-41(25)54)37(52)28-27(36(30)51)29-39(23(5)35(28)50)58-42(7,40(29)53)56-18-13-26(55-9)20(2)38(57-24(6)47)22(4)34(49)21(3)33(19)48/h10-13,18-22,26,33-34,38,44,48-50,52H,14-17H2,1-9H3,(H,43,54)/b11-10+,18-13-,25-12+/t19-,20+,21-,22+,26-,33-,34+,38+,42-/m0/s1. The number of hydrazine groups is 1. The summed E-state index contributed by atoms with van der Waals surface area (Å²) in [7, 11) is 3.41. The molecule has 6 rings (SSSR count). The maximum absolute atomic E-state index is 15.0. The van der Waals surface area contributed by atoms with E-state index in [0.717, 1.165) is 0 Å². The Labute approximate surface area is 336 Å². The molecule has 1 aliphatic carbocycles. The zero-order valence-corrected chi connectivity index (χ0v) is 34.3. The van der Waals surface area contributed by atoms with E-state index >= 15 is 0 Å². The van der Waals surface area contributed by atoms with Gasteiger partial charge < -0.3 is 54.7 Å². The minimum Gasteiger partial charge on any atom is -0.507 e. The lowest BCUT2D eigenvalue weighted by molar-refractivity contribution is -0.160. The number of aromatic amines is 1. The van der Waals surface area contributed by atoms with Crippen molar-refractivity contribution in [1.29, 1.82) is 0 Å². The number of hydrogen-bond acceptors (Lipinski definition) is 15. The van der Waals surface area contributed by atoms with Crippen LogP contribution in [0.3, 0.4) is 0 Å². The summed E-state index contributed by atoms with van der Waals surface area (Å²) in [4.78, 5) is 60.5. The first-order valence-electron chi connectivity index (χ1n) is 19.5. The number of aromatic nitrogens is 1. The lowest BCUT2D eigenvalue weighted by Crippen LogP contribution is -2.50. The highest BCUT2D eigenvalue weighted by molar-refractivity contribution is 6.24. The highest BCUT2D eigenvalue weighted by Crippen LogP contribution is 2.49. The number of carbonyl (C=O) groups is 3. The number of nitrogens with zero attached hydrogens (tertiary/aromatic N) is 2. The number of piperazine rings is 1. The van der Waals surface area contributed by atoms with Crippen LogP contribution < -0.4 is 26.3 Å². The molecule has 1 aromatic carbocycles. The number of fused-ring (bicyclic) bond motifs is 2. The molecule has 2 aromatic rings. The molecule has 314 valence electrons. The molecule has 0 saturated carbocycles. The highest BCUT2D eigenvalue weighted by Gasteiger charge is 2.52. The van der Waals surface area contributed by atoms with E-state index in [1.54, 1.807) is 39.8 Å². The average molecular weight is 807 g/mol. The number of aliphatic hydroxyl groups excluding tert-OH is 3. The maximum atomic E-state index is 15.0. The Kier molecular flexibility index (Phi) is 12.0. The van der Waals surface area contributed by atoms with Gasteiger partial charge in [-0.2, -0.15) is 0 Å². The molecule has 0 spiro atoms. The number of methoxy groups -OCH3 is 1. The first kappa shape index (κ1) is 42.6. The third kappa shape index (κ3) is 7.43. The van der Waals surface area contributed by atoms with Gasteiger partial charge in [-0.25, -0.2) is 5.01 Å². The number of likely N-dealkylation sites (N-methyl/N-ethyl adjacent to an activating group) is 1. The molecule has 16 heteroatoms. The molecule has 3 aliphatic heterocycles. The Morgan fingerprint density at radius 2 is 1.62 bits per heavy atom. The summed E-state index contributed by atoms with van der Waals surface area (Å²) in [6.07, 6.45) is 3.45. The molecule has 1 aromatic heterocycles. The molecule has 4 heterocycles. The fraction of sp³-hybridized carbons (Fsp3) is 0.524. The minimum atomic E-state index is -2.06. The number of aromatic hydroxyl groups is 1. The van der Waals surface area contributed by atoms with Crippen molar-refractivity contribution in [3.05, 3.63) is 73.2 Å². The topological polar surface area (TPSA) is 220 Å². The van der Waals surface area contributed by atoms with Gasteiger partial charge in [0.05, 0.1) is 63.1 Å². The third-order valence-electron chi connectivity index (χ3n) is 12.1. The molecule has 6 N–H and O–H groups in total. The number of Topliss-reactive ketones (excluding diaryl/α,β-unsaturated/α-hetero) is 1. The number of allylic oxidation sites excluding steroid dienone is 1. The van der Waals surface area contributed by atoms with E-state index in [1.807, 2.05) is 12.1 Å². The summed E-state index contributed by atoms with van der Waals surface area (Å²) in [6.45, 7) is 13.4. The van der Waals surface area contributed by atoms with Gasteiger partial charge in [0.25, 0.3) is 11.3 Å². The number of ether oxygens (including phenoxy) is 4. The fourth-order valence-corrected chi connectivity index (χ4v) is 8.39. The number of benzene rings is 1. The van der Waals surface area contributed by atoms with Crippen molar-refractivity contribution >= 4 is 35.1 Å². The number of ketones is 2. The average Bonchev–Trinajstić information content (AvgIpc) is 3.45. The number of rotatable bonds is 4.